The number of benzene rings is 1. The Kier molecular flexibility index (Phi) is 6.56. The Morgan fingerprint density at radius 2 is 1.96 bits per heavy atom. The Morgan fingerprint density at radius 1 is 1.17 bits per heavy atom. The number of amides is 1. The van der Waals surface area contributed by atoms with Gasteiger partial charge in [-0.1, -0.05) is 26.0 Å². The molecule has 0 aliphatic heterocycles. The molecule has 122 valence electrons. The summed E-state index contributed by atoms with van der Waals surface area (Å²) >= 11 is 0. The third-order valence-corrected chi connectivity index (χ3v) is 3.62. The second-order valence-electron chi connectivity index (χ2n) is 5.07. The van der Waals surface area contributed by atoms with Crippen LogP contribution < -0.4 is 10.1 Å². The molecule has 0 atom stereocenters. The van der Waals surface area contributed by atoms with Gasteiger partial charge in [0.05, 0.1) is 11.3 Å². The number of ether oxygens (including phenoxy) is 1. The SMILES string of the molecule is CCN(CC)CCOc1ccccc1NC(=O)c1cccnc1. The van der Waals surface area contributed by atoms with Gasteiger partial charge in [-0.3, -0.25) is 9.78 Å². The molecule has 1 N–H and O–H groups in total. The van der Waals surface area contributed by atoms with Crippen molar-refractivity contribution >= 4 is 11.6 Å². The zero-order chi connectivity index (χ0) is 16.5. The molecule has 1 aromatic carbocycles. The molecule has 2 aromatic rings. The molecule has 1 heterocycles. The molecule has 0 aliphatic rings. The van der Waals surface area contributed by atoms with Crippen molar-refractivity contribution in [3.05, 3.63) is 54.4 Å². The summed E-state index contributed by atoms with van der Waals surface area (Å²) in [5.41, 5.74) is 1.19. The number of pyridine rings is 1. The van der Waals surface area contributed by atoms with Crippen molar-refractivity contribution in [3.63, 3.8) is 0 Å². The van der Waals surface area contributed by atoms with Gasteiger partial charge in [-0.2, -0.15) is 0 Å². The number of carbonyl (C=O) groups excluding carboxylic acids is 1. The molecule has 0 radical (unpaired) electrons. The van der Waals surface area contributed by atoms with E-state index in [1.807, 2.05) is 24.3 Å². The van der Waals surface area contributed by atoms with E-state index in [0.29, 0.717) is 23.6 Å². The van der Waals surface area contributed by atoms with Crippen LogP contribution in [0.25, 0.3) is 0 Å². The van der Waals surface area contributed by atoms with E-state index >= 15 is 0 Å². The molecule has 0 bridgehead atoms. The van der Waals surface area contributed by atoms with Crippen LogP contribution in [0.3, 0.4) is 0 Å². The number of nitrogens with one attached hydrogen (secondary N) is 1. The maximum absolute atomic E-state index is 12.2. The summed E-state index contributed by atoms with van der Waals surface area (Å²) < 4.78 is 5.84. The number of hydrogen-bond donors (Lipinski definition) is 1. The molecule has 0 spiro atoms. The van der Waals surface area contributed by atoms with Crippen molar-refractivity contribution in [1.29, 1.82) is 0 Å². The Hall–Kier alpha value is -2.40. The van der Waals surface area contributed by atoms with Gasteiger partial charge in [-0.15, -0.1) is 0 Å². The minimum atomic E-state index is -0.196. The predicted octanol–water partition coefficient (Wildman–Crippen LogP) is 3.05. The van der Waals surface area contributed by atoms with E-state index in [-0.39, 0.29) is 5.91 Å². The molecule has 5 nitrogen and oxygen atoms in total. The smallest absolute Gasteiger partial charge is 0.257 e. The maximum atomic E-state index is 12.2. The van der Waals surface area contributed by atoms with Gasteiger partial charge >= 0.3 is 0 Å². The van der Waals surface area contributed by atoms with E-state index in [1.165, 1.54) is 0 Å². The van der Waals surface area contributed by atoms with Gasteiger partial charge < -0.3 is 15.0 Å². The zero-order valence-electron chi connectivity index (χ0n) is 13.7. The summed E-state index contributed by atoms with van der Waals surface area (Å²) in [5, 5.41) is 2.88. The Labute approximate surface area is 137 Å². The Bertz CT molecular complexity index is 613. The molecule has 2 rings (SSSR count). The second kappa shape index (κ2) is 8.90. The number of likely N-dealkylation sites (N-methyl/N-ethyl adjacent to an activating group) is 1. The largest absolute Gasteiger partial charge is 0.490 e. The molecule has 0 aliphatic carbocycles. The minimum absolute atomic E-state index is 0.196. The van der Waals surface area contributed by atoms with Crippen molar-refractivity contribution in [2.75, 3.05) is 31.6 Å². The van der Waals surface area contributed by atoms with Gasteiger partial charge in [-0.05, 0) is 37.4 Å². The van der Waals surface area contributed by atoms with Gasteiger partial charge in [-0.25, -0.2) is 0 Å². The van der Waals surface area contributed by atoms with Crippen LogP contribution in [-0.4, -0.2) is 42.0 Å². The first-order valence-corrected chi connectivity index (χ1v) is 7.90. The summed E-state index contributed by atoms with van der Waals surface area (Å²) in [6.45, 7) is 7.70. The lowest BCUT2D eigenvalue weighted by Gasteiger charge is -2.19. The van der Waals surface area contributed by atoms with Crippen LogP contribution in [0, 0.1) is 0 Å². The van der Waals surface area contributed by atoms with Crippen LogP contribution >= 0.6 is 0 Å². The number of rotatable bonds is 8. The fourth-order valence-corrected chi connectivity index (χ4v) is 2.21. The van der Waals surface area contributed by atoms with Gasteiger partial charge in [0.1, 0.15) is 12.4 Å². The fraction of sp³-hybridized carbons (Fsp3) is 0.333. The normalized spacial score (nSPS) is 10.6. The number of anilines is 1. The molecule has 0 saturated carbocycles. The van der Waals surface area contributed by atoms with E-state index in [2.05, 4.69) is 29.0 Å². The highest BCUT2D eigenvalue weighted by Gasteiger charge is 2.10. The van der Waals surface area contributed by atoms with Crippen LogP contribution in [0.15, 0.2) is 48.8 Å². The zero-order valence-corrected chi connectivity index (χ0v) is 13.7. The van der Waals surface area contributed by atoms with Crippen molar-refractivity contribution in [1.82, 2.24) is 9.88 Å². The quantitative estimate of drug-likeness (QED) is 0.814. The fourth-order valence-electron chi connectivity index (χ4n) is 2.21. The van der Waals surface area contributed by atoms with E-state index in [9.17, 15) is 4.79 Å². The number of aromatic nitrogens is 1. The lowest BCUT2D eigenvalue weighted by molar-refractivity contribution is 0.102. The first-order valence-electron chi connectivity index (χ1n) is 7.90. The van der Waals surface area contributed by atoms with E-state index in [4.69, 9.17) is 4.74 Å². The summed E-state index contributed by atoms with van der Waals surface area (Å²) in [7, 11) is 0. The summed E-state index contributed by atoms with van der Waals surface area (Å²) in [5.74, 6) is 0.481. The standard InChI is InChI=1S/C18H23N3O2/c1-3-21(4-2)12-13-23-17-10-6-5-9-16(17)20-18(22)15-8-7-11-19-14-15/h5-11,14H,3-4,12-13H2,1-2H3,(H,20,22). The highest BCUT2D eigenvalue weighted by Crippen LogP contribution is 2.24. The highest BCUT2D eigenvalue weighted by molar-refractivity contribution is 6.04. The van der Waals surface area contributed by atoms with Crippen LogP contribution in [0.2, 0.25) is 0 Å². The summed E-state index contributed by atoms with van der Waals surface area (Å²) in [6, 6.07) is 10.9. The Balaban J connectivity index is 1.99. The molecular formula is C18H23N3O2. The molecule has 23 heavy (non-hydrogen) atoms. The average Bonchev–Trinajstić information content (AvgIpc) is 2.61. The molecule has 0 fully saturated rings. The van der Waals surface area contributed by atoms with E-state index < -0.39 is 0 Å². The number of para-hydroxylation sites is 2. The molecule has 0 saturated heterocycles. The number of nitrogens with zero attached hydrogens (tertiary/aromatic N) is 2. The maximum Gasteiger partial charge on any atom is 0.257 e. The third-order valence-electron chi connectivity index (χ3n) is 3.62. The van der Waals surface area contributed by atoms with Gasteiger partial charge in [0.2, 0.25) is 0 Å². The monoisotopic (exact) mass is 313 g/mol. The van der Waals surface area contributed by atoms with Crippen LogP contribution in [0.4, 0.5) is 5.69 Å². The van der Waals surface area contributed by atoms with Crippen molar-refractivity contribution in [2.24, 2.45) is 0 Å². The lowest BCUT2D eigenvalue weighted by Crippen LogP contribution is -2.28. The van der Waals surface area contributed by atoms with Crippen LogP contribution in [-0.2, 0) is 0 Å². The van der Waals surface area contributed by atoms with Gasteiger partial charge in [0.15, 0.2) is 0 Å². The lowest BCUT2D eigenvalue weighted by atomic mass is 10.2. The van der Waals surface area contributed by atoms with Crippen LogP contribution in [0.1, 0.15) is 24.2 Å². The second-order valence-corrected chi connectivity index (χ2v) is 5.07. The first kappa shape index (κ1) is 17.0. The van der Waals surface area contributed by atoms with Crippen molar-refractivity contribution in [2.45, 2.75) is 13.8 Å². The topological polar surface area (TPSA) is 54.5 Å². The minimum Gasteiger partial charge on any atom is -0.490 e. The molecule has 5 heteroatoms. The molecular weight excluding hydrogens is 290 g/mol. The summed E-state index contributed by atoms with van der Waals surface area (Å²) in [4.78, 5) is 18.5. The van der Waals surface area contributed by atoms with Crippen molar-refractivity contribution in [3.8, 4) is 5.75 Å². The van der Waals surface area contributed by atoms with Gasteiger partial charge in [0.25, 0.3) is 5.91 Å². The Morgan fingerprint density at radius 3 is 2.65 bits per heavy atom. The highest BCUT2D eigenvalue weighted by atomic mass is 16.5. The van der Waals surface area contributed by atoms with E-state index in [1.54, 1.807) is 24.5 Å². The van der Waals surface area contributed by atoms with Crippen LogP contribution in [0.5, 0.6) is 5.75 Å². The predicted molar refractivity (Wildman–Crippen MR) is 91.9 cm³/mol. The molecule has 1 aromatic heterocycles. The average molecular weight is 313 g/mol. The van der Waals surface area contributed by atoms with E-state index in [0.717, 1.165) is 19.6 Å². The first-order chi connectivity index (χ1) is 11.2. The third kappa shape index (κ3) is 5.07. The molecule has 1 amide bonds. The van der Waals surface area contributed by atoms with Gasteiger partial charge in [0, 0.05) is 18.9 Å². The number of carbonyl (C=O) groups is 1. The number of hydrogen-bond acceptors (Lipinski definition) is 4. The van der Waals surface area contributed by atoms with Crippen molar-refractivity contribution < 1.29 is 9.53 Å². The summed E-state index contributed by atoms with van der Waals surface area (Å²) in [6.07, 6.45) is 3.18. The molecule has 0 unspecified atom stereocenters.